The molecule has 2 rings (SSSR count). The van der Waals surface area contributed by atoms with Crippen LogP contribution in [0.1, 0.15) is 6.92 Å². The van der Waals surface area contributed by atoms with Crippen LogP contribution < -0.4 is 4.74 Å². The quantitative estimate of drug-likeness (QED) is 0.460. The van der Waals surface area contributed by atoms with Gasteiger partial charge in [0.15, 0.2) is 0 Å². The van der Waals surface area contributed by atoms with Crippen molar-refractivity contribution in [1.82, 2.24) is 4.98 Å². The van der Waals surface area contributed by atoms with E-state index in [0.29, 0.717) is 11.3 Å². The van der Waals surface area contributed by atoms with E-state index < -0.39 is 0 Å². The molecule has 0 aliphatic heterocycles. The average Bonchev–Trinajstić information content (AvgIpc) is 2.42. The second-order valence-corrected chi connectivity index (χ2v) is 3.51. The Morgan fingerprint density at radius 3 is 2.00 bits per heavy atom. The van der Waals surface area contributed by atoms with Crippen LogP contribution in [0.2, 0.25) is 0 Å². The van der Waals surface area contributed by atoms with Gasteiger partial charge in [0, 0.05) is 18.0 Å². The number of carbonyl (C=O) groups excluding carboxylic acids is 1. The molecule has 0 saturated heterocycles. The van der Waals surface area contributed by atoms with E-state index in [2.05, 4.69) is 11.6 Å². The molecule has 0 N–H and O–H groups in total. The summed E-state index contributed by atoms with van der Waals surface area (Å²) in [6, 6.07) is 14.6. The third-order valence-electron chi connectivity index (χ3n) is 1.87. The number of hydrogen-bond acceptors (Lipinski definition) is 3. The minimum Gasteiger partial charge on any atom is -0.423 e. The van der Waals surface area contributed by atoms with Gasteiger partial charge < -0.3 is 4.74 Å². The van der Waals surface area contributed by atoms with Gasteiger partial charge in [-0.25, -0.2) is 4.79 Å². The summed E-state index contributed by atoms with van der Waals surface area (Å²) in [5.41, 5.74) is 0.402. The maximum Gasteiger partial charge on any atom is 0.338 e. The number of hydrogen-bond donors (Lipinski definition) is 0. The zero-order valence-corrected chi connectivity index (χ0v) is 10.2. The first-order chi connectivity index (χ1) is 8.70. The molecule has 0 aliphatic carbocycles. The maximum atomic E-state index is 11.0. The number of nitrogens with zero attached hydrogens (tertiary/aromatic N) is 1. The van der Waals surface area contributed by atoms with Crippen molar-refractivity contribution in [3.8, 4) is 5.75 Å². The van der Waals surface area contributed by atoms with Crippen LogP contribution in [0.25, 0.3) is 0 Å². The largest absolute Gasteiger partial charge is 0.423 e. The van der Waals surface area contributed by atoms with Gasteiger partial charge in [-0.1, -0.05) is 30.8 Å². The van der Waals surface area contributed by atoms with E-state index in [1.54, 1.807) is 43.6 Å². The van der Waals surface area contributed by atoms with Crippen LogP contribution in [0, 0.1) is 0 Å². The number of benzene rings is 1. The van der Waals surface area contributed by atoms with Crippen LogP contribution in [-0.2, 0) is 4.79 Å². The molecule has 1 aromatic carbocycles. The third kappa shape index (κ3) is 5.61. The molecule has 18 heavy (non-hydrogen) atoms. The Bertz CT molecular complexity index is 454. The Morgan fingerprint density at radius 1 is 1.06 bits per heavy atom. The maximum absolute atomic E-state index is 11.0. The first-order valence-corrected chi connectivity index (χ1v) is 5.48. The summed E-state index contributed by atoms with van der Waals surface area (Å²) in [6.07, 6.45) is 3.50. The highest BCUT2D eigenvalue weighted by Gasteiger charge is 2.03. The number of ether oxygens (including phenoxy) is 1. The summed E-state index contributed by atoms with van der Waals surface area (Å²) in [5, 5.41) is 0. The minimum absolute atomic E-state index is 0.388. The molecular formula is C15H15NO2. The Morgan fingerprint density at radius 2 is 1.61 bits per heavy atom. The zero-order chi connectivity index (χ0) is 13.2. The van der Waals surface area contributed by atoms with E-state index >= 15 is 0 Å². The number of pyridine rings is 1. The van der Waals surface area contributed by atoms with E-state index in [4.69, 9.17) is 4.74 Å². The van der Waals surface area contributed by atoms with Crippen LogP contribution in [-0.4, -0.2) is 11.0 Å². The van der Waals surface area contributed by atoms with Crippen molar-refractivity contribution in [3.05, 3.63) is 73.1 Å². The summed E-state index contributed by atoms with van der Waals surface area (Å²) >= 11 is 0. The highest BCUT2D eigenvalue weighted by atomic mass is 16.5. The lowest BCUT2D eigenvalue weighted by Gasteiger charge is -2.01. The Balaban J connectivity index is 0.000000225. The molecule has 3 heteroatoms. The smallest absolute Gasteiger partial charge is 0.338 e. The lowest BCUT2D eigenvalue weighted by atomic mass is 10.3. The molecule has 92 valence electrons. The minimum atomic E-state index is -0.388. The number of rotatable bonds is 2. The zero-order valence-electron chi connectivity index (χ0n) is 10.2. The van der Waals surface area contributed by atoms with Crippen LogP contribution in [0.3, 0.4) is 0 Å². The summed E-state index contributed by atoms with van der Waals surface area (Å²) < 4.78 is 4.94. The summed E-state index contributed by atoms with van der Waals surface area (Å²) in [7, 11) is 0. The Hall–Kier alpha value is -2.42. The van der Waals surface area contributed by atoms with Gasteiger partial charge in [0.05, 0.1) is 0 Å². The molecule has 0 unspecified atom stereocenters. The molecule has 0 atom stereocenters. The Labute approximate surface area is 107 Å². The first-order valence-electron chi connectivity index (χ1n) is 5.48. The van der Waals surface area contributed by atoms with Gasteiger partial charge in [-0.2, -0.15) is 0 Å². The lowest BCUT2D eigenvalue weighted by molar-refractivity contribution is -0.130. The monoisotopic (exact) mass is 241 g/mol. The van der Waals surface area contributed by atoms with Gasteiger partial charge >= 0.3 is 5.97 Å². The molecule has 0 bridgehead atoms. The van der Waals surface area contributed by atoms with E-state index in [0.717, 1.165) is 0 Å². The van der Waals surface area contributed by atoms with Gasteiger partial charge in [0.2, 0.25) is 0 Å². The van der Waals surface area contributed by atoms with E-state index in [1.165, 1.54) is 0 Å². The van der Waals surface area contributed by atoms with Crippen molar-refractivity contribution in [1.29, 1.82) is 0 Å². The van der Waals surface area contributed by atoms with Gasteiger partial charge in [0.1, 0.15) is 5.75 Å². The number of carbonyl (C=O) groups is 1. The molecule has 0 saturated carbocycles. The van der Waals surface area contributed by atoms with E-state index in [1.807, 2.05) is 24.3 Å². The molecule has 3 nitrogen and oxygen atoms in total. The van der Waals surface area contributed by atoms with Crippen LogP contribution in [0.5, 0.6) is 5.75 Å². The fraction of sp³-hybridized carbons (Fsp3) is 0.0667. The highest BCUT2D eigenvalue weighted by Crippen LogP contribution is 2.09. The second-order valence-electron chi connectivity index (χ2n) is 3.51. The van der Waals surface area contributed by atoms with Crippen LogP contribution in [0.15, 0.2) is 73.1 Å². The van der Waals surface area contributed by atoms with Crippen LogP contribution >= 0.6 is 0 Å². The van der Waals surface area contributed by atoms with Crippen molar-refractivity contribution in [2.45, 2.75) is 6.92 Å². The number of aromatic nitrogens is 1. The molecule has 0 aliphatic rings. The van der Waals surface area contributed by atoms with Gasteiger partial charge in [-0.3, -0.25) is 4.98 Å². The fourth-order valence-corrected chi connectivity index (χ4v) is 0.995. The second kappa shape index (κ2) is 7.79. The van der Waals surface area contributed by atoms with Crippen molar-refractivity contribution >= 4 is 5.97 Å². The topological polar surface area (TPSA) is 39.2 Å². The Kier molecular flexibility index (Phi) is 5.90. The normalized spacial score (nSPS) is 8.72. The van der Waals surface area contributed by atoms with Gasteiger partial charge in [-0.05, 0) is 31.2 Å². The average molecular weight is 241 g/mol. The molecular weight excluding hydrogens is 226 g/mol. The summed E-state index contributed by atoms with van der Waals surface area (Å²) in [6.45, 7) is 5.09. The molecule has 2 aromatic rings. The number of esters is 1. The predicted octanol–water partition coefficient (Wildman–Crippen LogP) is 3.25. The number of para-hydroxylation sites is 1. The summed E-state index contributed by atoms with van der Waals surface area (Å²) in [5.74, 6) is 0.159. The molecule has 1 aromatic heterocycles. The molecule has 0 fully saturated rings. The van der Waals surface area contributed by atoms with E-state index in [9.17, 15) is 4.79 Å². The van der Waals surface area contributed by atoms with Crippen molar-refractivity contribution in [3.63, 3.8) is 0 Å². The molecule has 1 heterocycles. The molecule has 0 spiro atoms. The molecule has 0 radical (unpaired) electrons. The van der Waals surface area contributed by atoms with Crippen LogP contribution in [0.4, 0.5) is 0 Å². The van der Waals surface area contributed by atoms with Crippen molar-refractivity contribution in [2.75, 3.05) is 0 Å². The fourth-order valence-electron chi connectivity index (χ4n) is 0.995. The standard InChI is InChI=1S/C10H10O2.C5H5N/c1-8(2)10(11)12-9-6-4-3-5-7-9;1-2-4-6-5-3-1/h3-7H,1H2,2H3;1-5H. The van der Waals surface area contributed by atoms with Crippen molar-refractivity contribution < 1.29 is 9.53 Å². The van der Waals surface area contributed by atoms with E-state index in [-0.39, 0.29) is 5.97 Å². The third-order valence-corrected chi connectivity index (χ3v) is 1.87. The van der Waals surface area contributed by atoms with Gasteiger partial charge in [-0.15, -0.1) is 0 Å². The molecule has 0 amide bonds. The predicted molar refractivity (Wildman–Crippen MR) is 71.1 cm³/mol. The SMILES string of the molecule is C=C(C)C(=O)Oc1ccccc1.c1ccncc1. The first kappa shape index (κ1) is 13.6. The summed E-state index contributed by atoms with van der Waals surface area (Å²) in [4.78, 5) is 14.8. The highest BCUT2D eigenvalue weighted by molar-refractivity contribution is 5.88. The lowest BCUT2D eigenvalue weighted by Crippen LogP contribution is -2.07. The van der Waals surface area contributed by atoms with Gasteiger partial charge in [0.25, 0.3) is 0 Å². The van der Waals surface area contributed by atoms with Crippen molar-refractivity contribution in [2.24, 2.45) is 0 Å².